The van der Waals surface area contributed by atoms with Crippen molar-refractivity contribution < 1.29 is 4.74 Å². The standard InChI is InChI=1S/C18H30O/c1-19-14-7-10-16-13(11-14)6-9-17-15-4-2-3-12(15)5-8-18(16)17/h12-18H,2-11H2,1H3. The largest absolute Gasteiger partial charge is 0.381 e. The molecule has 0 amide bonds. The van der Waals surface area contributed by atoms with Crippen molar-refractivity contribution in [3.8, 4) is 0 Å². The number of methoxy groups -OCH3 is 1. The average Bonchev–Trinajstić information content (AvgIpc) is 2.94. The number of hydrogen-bond donors (Lipinski definition) is 0. The molecule has 7 unspecified atom stereocenters. The second-order valence-electron chi connectivity index (χ2n) is 7.93. The lowest BCUT2D eigenvalue weighted by Crippen LogP contribution is -2.45. The van der Waals surface area contributed by atoms with Crippen LogP contribution in [0.2, 0.25) is 0 Å². The first-order valence-electron chi connectivity index (χ1n) is 8.89. The molecule has 4 aliphatic carbocycles. The fourth-order valence-corrected chi connectivity index (χ4v) is 6.65. The lowest BCUT2D eigenvalue weighted by molar-refractivity contribution is -0.0551. The highest BCUT2D eigenvalue weighted by atomic mass is 16.5. The summed E-state index contributed by atoms with van der Waals surface area (Å²) in [5.74, 6) is 6.59. The van der Waals surface area contributed by atoms with Gasteiger partial charge in [-0.25, -0.2) is 0 Å². The van der Waals surface area contributed by atoms with Crippen LogP contribution in [0.1, 0.15) is 64.2 Å². The number of ether oxygens (including phenoxy) is 1. The quantitative estimate of drug-likeness (QED) is 0.668. The molecule has 0 aromatic carbocycles. The van der Waals surface area contributed by atoms with E-state index in [1.54, 1.807) is 38.5 Å². The van der Waals surface area contributed by atoms with Crippen molar-refractivity contribution in [2.45, 2.75) is 70.3 Å². The van der Waals surface area contributed by atoms with Gasteiger partial charge in [0.15, 0.2) is 0 Å². The van der Waals surface area contributed by atoms with Gasteiger partial charge in [-0.1, -0.05) is 12.8 Å². The molecule has 0 N–H and O–H groups in total. The van der Waals surface area contributed by atoms with Gasteiger partial charge in [-0.3, -0.25) is 0 Å². The highest BCUT2D eigenvalue weighted by Crippen LogP contribution is 2.57. The van der Waals surface area contributed by atoms with Crippen LogP contribution in [0.3, 0.4) is 0 Å². The van der Waals surface area contributed by atoms with Crippen molar-refractivity contribution in [1.29, 1.82) is 0 Å². The molecule has 0 heterocycles. The summed E-state index contributed by atoms with van der Waals surface area (Å²) >= 11 is 0. The Hall–Kier alpha value is -0.0400. The maximum absolute atomic E-state index is 5.65. The summed E-state index contributed by atoms with van der Waals surface area (Å²) in [4.78, 5) is 0. The Balaban J connectivity index is 1.50. The summed E-state index contributed by atoms with van der Waals surface area (Å²) in [5, 5.41) is 0. The Bertz CT molecular complexity index is 326. The van der Waals surface area contributed by atoms with E-state index in [4.69, 9.17) is 4.74 Å². The van der Waals surface area contributed by atoms with Gasteiger partial charge in [0.1, 0.15) is 0 Å². The van der Waals surface area contributed by atoms with Crippen molar-refractivity contribution in [3.63, 3.8) is 0 Å². The van der Waals surface area contributed by atoms with Crippen LogP contribution >= 0.6 is 0 Å². The second kappa shape index (κ2) is 5.06. The molecule has 4 aliphatic rings. The first-order chi connectivity index (χ1) is 9.36. The zero-order valence-corrected chi connectivity index (χ0v) is 12.5. The Labute approximate surface area is 118 Å². The Morgan fingerprint density at radius 1 is 0.632 bits per heavy atom. The highest BCUT2D eigenvalue weighted by molar-refractivity contribution is 4.99. The summed E-state index contributed by atoms with van der Waals surface area (Å²) in [6.45, 7) is 0. The molecule has 0 aromatic rings. The van der Waals surface area contributed by atoms with Crippen LogP contribution in [0, 0.1) is 35.5 Å². The molecule has 19 heavy (non-hydrogen) atoms. The fourth-order valence-electron chi connectivity index (χ4n) is 6.65. The van der Waals surface area contributed by atoms with E-state index in [-0.39, 0.29) is 0 Å². The summed E-state index contributed by atoms with van der Waals surface area (Å²) in [7, 11) is 1.92. The van der Waals surface area contributed by atoms with Gasteiger partial charge in [-0.15, -0.1) is 0 Å². The van der Waals surface area contributed by atoms with Gasteiger partial charge in [-0.2, -0.15) is 0 Å². The van der Waals surface area contributed by atoms with Crippen molar-refractivity contribution in [2.75, 3.05) is 7.11 Å². The normalized spacial score (nSPS) is 53.2. The van der Waals surface area contributed by atoms with Crippen LogP contribution in [-0.4, -0.2) is 13.2 Å². The van der Waals surface area contributed by atoms with Gasteiger partial charge in [0.2, 0.25) is 0 Å². The van der Waals surface area contributed by atoms with Crippen molar-refractivity contribution in [1.82, 2.24) is 0 Å². The van der Waals surface area contributed by atoms with Gasteiger partial charge in [0, 0.05) is 7.11 Å². The molecular formula is C18H30O. The smallest absolute Gasteiger partial charge is 0.0574 e. The molecule has 1 heteroatoms. The van der Waals surface area contributed by atoms with Gasteiger partial charge >= 0.3 is 0 Å². The Morgan fingerprint density at radius 2 is 1.32 bits per heavy atom. The third-order valence-corrected chi connectivity index (χ3v) is 7.44. The third-order valence-electron chi connectivity index (χ3n) is 7.44. The average molecular weight is 262 g/mol. The van der Waals surface area contributed by atoms with Gasteiger partial charge < -0.3 is 4.74 Å². The molecule has 0 radical (unpaired) electrons. The van der Waals surface area contributed by atoms with E-state index in [9.17, 15) is 0 Å². The molecule has 7 atom stereocenters. The first kappa shape index (κ1) is 12.7. The molecule has 0 saturated heterocycles. The van der Waals surface area contributed by atoms with Crippen LogP contribution in [0.15, 0.2) is 0 Å². The summed E-state index contributed by atoms with van der Waals surface area (Å²) in [6, 6.07) is 0. The Kier molecular flexibility index (Phi) is 3.38. The first-order valence-corrected chi connectivity index (χ1v) is 8.89. The lowest BCUT2D eigenvalue weighted by atomic mass is 9.53. The van der Waals surface area contributed by atoms with E-state index in [1.807, 2.05) is 7.11 Å². The van der Waals surface area contributed by atoms with Crippen LogP contribution in [0.5, 0.6) is 0 Å². The summed E-state index contributed by atoms with van der Waals surface area (Å²) in [6.07, 6.45) is 15.7. The molecule has 0 spiro atoms. The fraction of sp³-hybridized carbons (Fsp3) is 1.00. The van der Waals surface area contributed by atoms with Crippen molar-refractivity contribution >= 4 is 0 Å². The molecule has 4 saturated carbocycles. The molecule has 0 bridgehead atoms. The molecule has 4 rings (SSSR count). The molecular weight excluding hydrogens is 232 g/mol. The van der Waals surface area contributed by atoms with Crippen LogP contribution in [0.4, 0.5) is 0 Å². The molecule has 1 nitrogen and oxygen atoms in total. The summed E-state index contributed by atoms with van der Waals surface area (Å²) < 4.78 is 5.65. The summed E-state index contributed by atoms with van der Waals surface area (Å²) in [5.41, 5.74) is 0. The maximum atomic E-state index is 5.65. The van der Waals surface area contributed by atoms with E-state index in [1.165, 1.54) is 25.7 Å². The minimum atomic E-state index is 0.584. The van der Waals surface area contributed by atoms with Crippen LogP contribution in [-0.2, 0) is 4.74 Å². The highest BCUT2D eigenvalue weighted by Gasteiger charge is 2.49. The minimum absolute atomic E-state index is 0.584. The van der Waals surface area contributed by atoms with E-state index in [2.05, 4.69) is 0 Å². The maximum Gasteiger partial charge on any atom is 0.0574 e. The number of hydrogen-bond acceptors (Lipinski definition) is 1. The van der Waals surface area contributed by atoms with Gasteiger partial charge in [0.25, 0.3) is 0 Å². The monoisotopic (exact) mass is 262 g/mol. The lowest BCUT2D eigenvalue weighted by Gasteiger charge is -2.52. The third kappa shape index (κ3) is 2.07. The van der Waals surface area contributed by atoms with E-state index < -0.39 is 0 Å². The molecule has 108 valence electrons. The van der Waals surface area contributed by atoms with E-state index in [0.717, 1.165) is 35.5 Å². The van der Waals surface area contributed by atoms with Gasteiger partial charge in [-0.05, 0) is 86.9 Å². The SMILES string of the molecule is COC1CCC2C(CCC3C4CCCC4CCC23)C1. The van der Waals surface area contributed by atoms with Crippen molar-refractivity contribution in [2.24, 2.45) is 35.5 Å². The molecule has 0 aromatic heterocycles. The van der Waals surface area contributed by atoms with Crippen LogP contribution in [0.25, 0.3) is 0 Å². The second-order valence-corrected chi connectivity index (χ2v) is 7.93. The predicted molar refractivity (Wildman–Crippen MR) is 77.9 cm³/mol. The topological polar surface area (TPSA) is 9.23 Å². The van der Waals surface area contributed by atoms with Gasteiger partial charge in [0.05, 0.1) is 6.10 Å². The van der Waals surface area contributed by atoms with Crippen LogP contribution < -0.4 is 0 Å². The zero-order valence-electron chi connectivity index (χ0n) is 12.5. The number of rotatable bonds is 1. The zero-order chi connectivity index (χ0) is 12.8. The number of fused-ring (bicyclic) bond motifs is 5. The van der Waals surface area contributed by atoms with Crippen molar-refractivity contribution in [3.05, 3.63) is 0 Å². The molecule has 0 aliphatic heterocycles. The predicted octanol–water partition coefficient (Wildman–Crippen LogP) is 4.65. The van der Waals surface area contributed by atoms with E-state index >= 15 is 0 Å². The Morgan fingerprint density at radius 3 is 2.11 bits per heavy atom. The molecule has 4 fully saturated rings. The minimum Gasteiger partial charge on any atom is -0.381 e. The van der Waals surface area contributed by atoms with E-state index in [0.29, 0.717) is 6.10 Å².